The molecule has 4 N–H and O–H groups in total. The Morgan fingerprint density at radius 2 is 1.17 bits per heavy atom. The number of nitrogens with one attached hydrogen (secondary N) is 3. The van der Waals surface area contributed by atoms with Gasteiger partial charge in [0.25, 0.3) is 0 Å². The van der Waals surface area contributed by atoms with Crippen molar-refractivity contribution in [2.75, 3.05) is 93.8 Å². The van der Waals surface area contributed by atoms with Crippen LogP contribution in [-0.2, 0) is 33.5 Å². The molecule has 0 aromatic rings. The molecule has 0 radical (unpaired) electrons. The smallest absolute Gasteiger partial charge is 0.246 e. The topological polar surface area (TPSA) is 181 Å². The quantitative estimate of drug-likeness (QED) is 0.143. The minimum absolute atomic E-state index is 0.00306. The Morgan fingerprint density at radius 3 is 1.43 bits per heavy atom. The van der Waals surface area contributed by atoms with Crippen molar-refractivity contribution in [2.45, 2.75) is 40.2 Å². The van der Waals surface area contributed by atoms with Gasteiger partial charge in [0.05, 0.1) is 19.8 Å². The van der Waals surface area contributed by atoms with Crippen LogP contribution in [0.5, 0.6) is 0 Å². The summed E-state index contributed by atoms with van der Waals surface area (Å²) < 4.78 is 5.07. The lowest BCUT2D eigenvalue weighted by molar-refractivity contribution is -0.130. The van der Waals surface area contributed by atoms with Gasteiger partial charge in [0.15, 0.2) is 0 Å². The summed E-state index contributed by atoms with van der Waals surface area (Å²) in [5.74, 6) is -0.494. The normalized spacial score (nSPS) is 10.6. The summed E-state index contributed by atoms with van der Waals surface area (Å²) >= 11 is 0. The molecule has 1 saturated heterocycles. The predicted molar refractivity (Wildman–Crippen MR) is 215 cm³/mol. The van der Waals surface area contributed by atoms with E-state index in [1.54, 1.807) is 23.9 Å². The maximum Gasteiger partial charge on any atom is 0.246 e. The number of amides is 6. The molecule has 0 aromatic carbocycles. The van der Waals surface area contributed by atoms with Crippen LogP contribution < -0.4 is 16.0 Å². The number of rotatable bonds is 15. The lowest BCUT2D eigenvalue weighted by Crippen LogP contribution is -2.39. The fourth-order valence-electron chi connectivity index (χ4n) is 3.03. The number of hydrogen-bond acceptors (Lipinski definition) is 9. The van der Waals surface area contributed by atoms with Gasteiger partial charge in [-0.15, -0.1) is 0 Å². The van der Waals surface area contributed by atoms with Gasteiger partial charge in [0, 0.05) is 59.4 Å². The zero-order valence-corrected chi connectivity index (χ0v) is 33.7. The first-order chi connectivity index (χ1) is 24.9. The molecule has 1 fully saturated rings. The van der Waals surface area contributed by atoms with Gasteiger partial charge >= 0.3 is 0 Å². The Bertz CT molecular complexity index is 1080. The Morgan fingerprint density at radius 1 is 0.717 bits per heavy atom. The molecule has 6 amide bonds. The lowest BCUT2D eigenvalue weighted by Gasteiger charge is -2.25. The molecule has 15 heteroatoms. The second-order valence-corrected chi connectivity index (χ2v) is 11.0. The van der Waals surface area contributed by atoms with Crippen LogP contribution >= 0.6 is 0 Å². The van der Waals surface area contributed by atoms with E-state index in [4.69, 9.17) is 9.84 Å². The average Bonchev–Trinajstić information content (AvgIpc) is 3.16. The van der Waals surface area contributed by atoms with Gasteiger partial charge in [0.1, 0.15) is 0 Å². The van der Waals surface area contributed by atoms with Gasteiger partial charge in [-0.3, -0.25) is 28.8 Å². The zero-order chi connectivity index (χ0) is 42.2. The summed E-state index contributed by atoms with van der Waals surface area (Å²) in [6.45, 7) is 33.9. The van der Waals surface area contributed by atoms with Crippen LogP contribution in [0.25, 0.3) is 0 Å². The van der Waals surface area contributed by atoms with Crippen LogP contribution in [-0.4, -0.2) is 160 Å². The third-order valence-electron chi connectivity index (χ3n) is 5.84. The first-order valence-electron chi connectivity index (χ1n) is 17.2. The third kappa shape index (κ3) is 45.1. The van der Waals surface area contributed by atoms with E-state index in [9.17, 15) is 28.8 Å². The highest BCUT2D eigenvalue weighted by atomic mass is 16.5. The largest absolute Gasteiger partial charge is 0.395 e. The summed E-state index contributed by atoms with van der Waals surface area (Å²) in [4.78, 5) is 70.3. The molecular weight excluding hydrogens is 682 g/mol. The Hall–Kier alpha value is -4.86. The van der Waals surface area contributed by atoms with E-state index in [1.165, 1.54) is 35.3 Å². The van der Waals surface area contributed by atoms with Crippen molar-refractivity contribution in [1.82, 2.24) is 35.6 Å². The molecule has 0 aliphatic carbocycles. The molecule has 0 spiro atoms. The molecule has 1 aliphatic heterocycles. The molecule has 1 heterocycles. The molecule has 0 atom stereocenters. The van der Waals surface area contributed by atoms with E-state index in [2.05, 4.69) is 60.3 Å². The first-order valence-corrected chi connectivity index (χ1v) is 17.2. The van der Waals surface area contributed by atoms with Gasteiger partial charge in [-0.05, 0) is 91.2 Å². The third-order valence-corrected chi connectivity index (χ3v) is 5.84. The summed E-state index contributed by atoms with van der Waals surface area (Å²) in [6.07, 6.45) is 8.65. The molecular formula is C38H69N7O8. The number of carbonyl (C=O) groups is 6. The monoisotopic (exact) mass is 752 g/mol. The molecule has 0 unspecified atom stereocenters. The van der Waals surface area contributed by atoms with Crippen LogP contribution in [0.4, 0.5) is 0 Å². The van der Waals surface area contributed by atoms with Crippen molar-refractivity contribution in [3.05, 3.63) is 75.9 Å². The molecule has 1 rings (SSSR count). The van der Waals surface area contributed by atoms with Gasteiger partial charge < -0.3 is 45.4 Å². The van der Waals surface area contributed by atoms with Crippen molar-refractivity contribution < 1.29 is 38.6 Å². The number of aliphatic hydroxyl groups is 1. The predicted octanol–water partition coefficient (Wildman–Crippen LogP) is 1.55. The number of carbonyl (C=O) groups excluding carboxylic acids is 6. The minimum atomic E-state index is -0.251. The van der Waals surface area contributed by atoms with E-state index >= 15 is 0 Å². The van der Waals surface area contributed by atoms with Crippen LogP contribution in [0.15, 0.2) is 75.9 Å². The minimum Gasteiger partial charge on any atom is -0.395 e. The second kappa shape index (κ2) is 41.6. The highest BCUT2D eigenvalue weighted by Gasteiger charge is 2.12. The van der Waals surface area contributed by atoms with Gasteiger partial charge in [0.2, 0.25) is 35.4 Å². The number of hydrogen-bond donors (Lipinski definition) is 4. The highest BCUT2D eigenvalue weighted by Crippen LogP contribution is 1.96. The first kappa shape index (κ1) is 57.5. The van der Waals surface area contributed by atoms with E-state index in [0.29, 0.717) is 32.8 Å². The maximum absolute atomic E-state index is 10.9. The molecule has 0 aromatic heterocycles. The Balaban J connectivity index is -0.000000175. The number of nitrogens with zero attached hydrogens (tertiary/aromatic N) is 4. The summed E-state index contributed by atoms with van der Waals surface area (Å²) in [5, 5.41) is 15.9. The highest BCUT2D eigenvalue weighted by molar-refractivity contribution is 5.88. The molecule has 53 heavy (non-hydrogen) atoms. The summed E-state index contributed by atoms with van der Waals surface area (Å²) in [5.41, 5.74) is 0. The van der Waals surface area contributed by atoms with Gasteiger partial charge in [-0.2, -0.15) is 0 Å². The number of likely N-dealkylation sites (N-methyl/N-ethyl adjacent to an activating group) is 2. The van der Waals surface area contributed by atoms with E-state index in [0.717, 1.165) is 38.7 Å². The van der Waals surface area contributed by atoms with Crippen LogP contribution in [0.1, 0.15) is 34.1 Å². The van der Waals surface area contributed by atoms with Crippen molar-refractivity contribution >= 4 is 35.4 Å². The van der Waals surface area contributed by atoms with Crippen LogP contribution in [0.3, 0.4) is 0 Å². The fraction of sp³-hybridized carbons (Fsp3) is 0.526. The van der Waals surface area contributed by atoms with Gasteiger partial charge in [-0.25, -0.2) is 0 Å². The van der Waals surface area contributed by atoms with E-state index < -0.39 is 0 Å². The molecule has 1 aliphatic rings. The summed E-state index contributed by atoms with van der Waals surface area (Å²) in [7, 11) is 7.39. The molecule has 304 valence electrons. The fourth-order valence-corrected chi connectivity index (χ4v) is 3.03. The number of ether oxygens (including phenoxy) is 1. The molecule has 0 bridgehead atoms. The SMILES string of the molecule is C=CC(=O)N(C)C.C=CC(=O)N(CC)CC.C=CC(=O)N1CCOCC1.C=CC(=O)NC(C)C.C=CC(=O)NCCCN(C)C.C=CC(=O)NCCO. The lowest BCUT2D eigenvalue weighted by atomic mass is 10.4. The second-order valence-electron chi connectivity index (χ2n) is 11.0. The summed E-state index contributed by atoms with van der Waals surface area (Å²) in [6, 6.07) is 0.209. The van der Waals surface area contributed by atoms with Crippen LogP contribution in [0.2, 0.25) is 0 Å². The Kier molecular flexibility index (Phi) is 45.1. The molecule has 0 saturated carbocycles. The Labute approximate surface area is 319 Å². The van der Waals surface area contributed by atoms with Crippen molar-refractivity contribution in [1.29, 1.82) is 0 Å². The van der Waals surface area contributed by atoms with E-state index in [1.807, 2.05) is 41.8 Å². The van der Waals surface area contributed by atoms with Crippen molar-refractivity contribution in [3.8, 4) is 0 Å². The average molecular weight is 752 g/mol. The van der Waals surface area contributed by atoms with E-state index in [-0.39, 0.29) is 48.1 Å². The number of morpholine rings is 1. The van der Waals surface area contributed by atoms with Gasteiger partial charge in [-0.1, -0.05) is 39.5 Å². The van der Waals surface area contributed by atoms with Crippen molar-refractivity contribution in [2.24, 2.45) is 0 Å². The zero-order valence-electron chi connectivity index (χ0n) is 33.7. The van der Waals surface area contributed by atoms with Crippen molar-refractivity contribution in [3.63, 3.8) is 0 Å². The molecule has 15 nitrogen and oxygen atoms in total. The maximum atomic E-state index is 10.9. The standard InChI is InChI=1S/C8H16N2O.C7H11NO2.C7H13NO.C6H11NO.C5H9NO2.C5H9NO/c1-4-8(11)9-6-5-7-10(2)3;1-2-7(9)8-3-5-10-6-4-8;1-4-7(9)8(5-2)6-3;1-4-6(8)7-5(2)3;1-2-5(8)6-3-4-7;1-4-5(7)6(2)3/h4H,1,5-7H2,2-3H3,(H,9,11);2H,1,3-6H2;4H,1,5-6H2,2-3H3;4-5H,1H2,2-3H3,(H,7,8);2,7H,1,3-4H2,(H,6,8);4H,1H2,2-3H3. The number of aliphatic hydroxyl groups excluding tert-OH is 1. The van der Waals surface area contributed by atoms with Crippen LogP contribution in [0, 0.1) is 0 Å².